The molecule has 2 N–H and O–H groups in total. The van der Waals surface area contributed by atoms with Crippen molar-refractivity contribution in [2.75, 3.05) is 5.01 Å². The molecular formula is C18H12BrF2N3O. The SMILES string of the molecule is NN1C(=O)c2cc(-c3ccc(F)cc3F)cn2Cc2cc(Br)ccc21. The van der Waals surface area contributed by atoms with Crippen molar-refractivity contribution in [1.29, 1.82) is 0 Å². The molecule has 4 nitrogen and oxygen atoms in total. The number of hydrogen-bond acceptors (Lipinski definition) is 2. The standard InChI is InChI=1S/C18H12BrF2N3O/c19-12-1-4-16-11(5-12)9-23-8-10(6-17(23)18(25)24(16)22)14-3-2-13(20)7-15(14)21/h1-8H,9,22H2. The molecule has 0 aliphatic carbocycles. The zero-order chi connectivity index (χ0) is 17.7. The summed E-state index contributed by atoms with van der Waals surface area (Å²) in [6, 6.07) is 10.4. The summed E-state index contributed by atoms with van der Waals surface area (Å²) in [5, 5.41) is 1.09. The minimum absolute atomic E-state index is 0.229. The van der Waals surface area contributed by atoms with Gasteiger partial charge < -0.3 is 4.57 Å². The van der Waals surface area contributed by atoms with Crippen LogP contribution >= 0.6 is 15.9 Å². The molecule has 0 saturated carbocycles. The molecule has 1 aliphatic heterocycles. The van der Waals surface area contributed by atoms with Gasteiger partial charge in [-0.15, -0.1) is 0 Å². The average Bonchev–Trinajstić information content (AvgIpc) is 2.93. The van der Waals surface area contributed by atoms with Crippen LogP contribution in [-0.2, 0) is 6.54 Å². The maximum atomic E-state index is 14.1. The van der Waals surface area contributed by atoms with Gasteiger partial charge in [-0.3, -0.25) is 4.79 Å². The van der Waals surface area contributed by atoms with Crippen molar-refractivity contribution in [1.82, 2.24) is 4.57 Å². The molecule has 1 amide bonds. The Kier molecular flexibility index (Phi) is 3.70. The van der Waals surface area contributed by atoms with E-state index >= 15 is 0 Å². The molecule has 0 radical (unpaired) electrons. The highest BCUT2D eigenvalue weighted by atomic mass is 79.9. The lowest BCUT2D eigenvalue weighted by molar-refractivity contribution is 0.0980. The number of carbonyl (C=O) groups excluding carboxylic acids is 1. The Balaban J connectivity index is 1.85. The van der Waals surface area contributed by atoms with Crippen LogP contribution in [0.25, 0.3) is 11.1 Å². The van der Waals surface area contributed by atoms with Gasteiger partial charge in [-0.2, -0.15) is 0 Å². The maximum absolute atomic E-state index is 14.1. The van der Waals surface area contributed by atoms with Gasteiger partial charge in [0.05, 0.1) is 5.69 Å². The lowest BCUT2D eigenvalue weighted by Gasteiger charge is -2.16. The van der Waals surface area contributed by atoms with Crippen LogP contribution < -0.4 is 10.9 Å². The summed E-state index contributed by atoms with van der Waals surface area (Å²) < 4.78 is 29.8. The fraction of sp³-hybridized carbons (Fsp3) is 0.0556. The van der Waals surface area contributed by atoms with Crippen molar-refractivity contribution in [2.45, 2.75) is 6.54 Å². The van der Waals surface area contributed by atoms with Gasteiger partial charge in [0.1, 0.15) is 17.3 Å². The second-order valence-electron chi connectivity index (χ2n) is 5.81. The summed E-state index contributed by atoms with van der Waals surface area (Å²) in [6.07, 6.45) is 1.67. The minimum Gasteiger partial charge on any atom is -0.338 e. The van der Waals surface area contributed by atoms with E-state index in [1.807, 2.05) is 12.1 Å². The Morgan fingerprint density at radius 2 is 1.88 bits per heavy atom. The lowest BCUT2D eigenvalue weighted by atomic mass is 10.1. The highest BCUT2D eigenvalue weighted by Crippen LogP contribution is 2.32. The van der Waals surface area contributed by atoms with Crippen molar-refractivity contribution in [3.63, 3.8) is 0 Å². The molecule has 4 rings (SSSR count). The molecule has 7 heteroatoms. The first kappa shape index (κ1) is 16.0. The number of amides is 1. The van der Waals surface area contributed by atoms with Crippen LogP contribution in [0.4, 0.5) is 14.5 Å². The number of aromatic nitrogens is 1. The molecule has 0 atom stereocenters. The van der Waals surface area contributed by atoms with E-state index < -0.39 is 17.5 Å². The quantitative estimate of drug-likeness (QED) is 0.491. The molecule has 1 aliphatic rings. The zero-order valence-electron chi connectivity index (χ0n) is 12.8. The highest BCUT2D eigenvalue weighted by Gasteiger charge is 2.26. The van der Waals surface area contributed by atoms with Crippen molar-refractivity contribution < 1.29 is 13.6 Å². The fourth-order valence-electron chi connectivity index (χ4n) is 3.02. The smallest absolute Gasteiger partial charge is 0.289 e. The lowest BCUT2D eigenvalue weighted by Crippen LogP contribution is -2.37. The largest absolute Gasteiger partial charge is 0.338 e. The molecule has 25 heavy (non-hydrogen) atoms. The molecule has 0 spiro atoms. The van der Waals surface area contributed by atoms with Gasteiger partial charge in [-0.05, 0) is 42.0 Å². The van der Waals surface area contributed by atoms with Crippen LogP contribution in [0.5, 0.6) is 0 Å². The van der Waals surface area contributed by atoms with E-state index in [2.05, 4.69) is 15.9 Å². The molecule has 126 valence electrons. The summed E-state index contributed by atoms with van der Waals surface area (Å²) in [6.45, 7) is 0.409. The predicted molar refractivity (Wildman–Crippen MR) is 94.0 cm³/mol. The monoisotopic (exact) mass is 403 g/mol. The van der Waals surface area contributed by atoms with E-state index in [9.17, 15) is 13.6 Å². The number of rotatable bonds is 1. The van der Waals surface area contributed by atoms with Crippen LogP contribution in [0.3, 0.4) is 0 Å². The maximum Gasteiger partial charge on any atom is 0.289 e. The van der Waals surface area contributed by atoms with Gasteiger partial charge in [-0.25, -0.2) is 19.6 Å². The first-order chi connectivity index (χ1) is 11.9. The molecule has 0 fully saturated rings. The van der Waals surface area contributed by atoms with Crippen molar-refractivity contribution in [2.24, 2.45) is 5.84 Å². The Morgan fingerprint density at radius 1 is 1.08 bits per heavy atom. The number of nitrogens with two attached hydrogens (primary N) is 1. The summed E-state index contributed by atoms with van der Waals surface area (Å²) in [7, 11) is 0. The summed E-state index contributed by atoms with van der Waals surface area (Å²) in [4.78, 5) is 12.7. The van der Waals surface area contributed by atoms with Crippen molar-refractivity contribution >= 4 is 27.5 Å². The minimum atomic E-state index is -0.680. The van der Waals surface area contributed by atoms with Crippen LogP contribution in [0.2, 0.25) is 0 Å². The highest BCUT2D eigenvalue weighted by molar-refractivity contribution is 9.10. The van der Waals surface area contributed by atoms with Crippen LogP contribution in [0.1, 0.15) is 16.1 Å². The fourth-order valence-corrected chi connectivity index (χ4v) is 3.43. The predicted octanol–water partition coefficient (Wildman–Crippen LogP) is 4.08. The van der Waals surface area contributed by atoms with E-state index in [-0.39, 0.29) is 5.56 Å². The number of benzene rings is 2. The van der Waals surface area contributed by atoms with Crippen molar-refractivity contribution in [3.05, 3.63) is 76.0 Å². The summed E-state index contributed by atoms with van der Waals surface area (Å²) >= 11 is 3.41. The number of nitrogens with zero attached hydrogens (tertiary/aromatic N) is 2. The first-order valence-corrected chi connectivity index (χ1v) is 8.26. The van der Waals surface area contributed by atoms with E-state index in [0.717, 1.165) is 21.1 Å². The van der Waals surface area contributed by atoms with Gasteiger partial charge in [0.2, 0.25) is 0 Å². The third kappa shape index (κ3) is 2.65. The number of halogens is 3. The molecule has 2 heterocycles. The van der Waals surface area contributed by atoms with Gasteiger partial charge in [0, 0.05) is 34.4 Å². The van der Waals surface area contributed by atoms with Gasteiger partial charge in [0.25, 0.3) is 5.91 Å². The summed E-state index contributed by atoms with van der Waals surface area (Å²) in [5.41, 5.74) is 2.53. The first-order valence-electron chi connectivity index (χ1n) is 7.47. The zero-order valence-corrected chi connectivity index (χ0v) is 14.4. The van der Waals surface area contributed by atoms with E-state index in [4.69, 9.17) is 5.84 Å². The molecule has 1 aromatic heterocycles. The molecule has 3 aromatic rings. The topological polar surface area (TPSA) is 51.3 Å². The van der Waals surface area contributed by atoms with Gasteiger partial charge in [0.15, 0.2) is 0 Å². The van der Waals surface area contributed by atoms with Gasteiger partial charge >= 0.3 is 0 Å². The molecule has 0 bridgehead atoms. The Morgan fingerprint density at radius 3 is 2.64 bits per heavy atom. The van der Waals surface area contributed by atoms with Crippen molar-refractivity contribution in [3.8, 4) is 11.1 Å². The second kappa shape index (κ2) is 5.79. The van der Waals surface area contributed by atoms with Crippen LogP contribution in [-0.4, -0.2) is 10.5 Å². The third-order valence-electron chi connectivity index (χ3n) is 4.22. The molecule has 0 unspecified atom stereocenters. The molecule has 2 aromatic carbocycles. The number of carbonyl (C=O) groups is 1. The Hall–Kier alpha value is -2.51. The number of hydrazine groups is 1. The van der Waals surface area contributed by atoms with Crippen LogP contribution in [0.15, 0.2) is 53.1 Å². The van der Waals surface area contributed by atoms with E-state index in [1.165, 1.54) is 12.1 Å². The van der Waals surface area contributed by atoms with E-state index in [1.54, 1.807) is 22.9 Å². The normalized spacial score (nSPS) is 13.4. The number of anilines is 1. The van der Waals surface area contributed by atoms with Crippen LogP contribution in [0, 0.1) is 11.6 Å². The third-order valence-corrected chi connectivity index (χ3v) is 4.71. The number of fused-ring (bicyclic) bond motifs is 2. The van der Waals surface area contributed by atoms with Gasteiger partial charge in [-0.1, -0.05) is 15.9 Å². The molecular weight excluding hydrogens is 392 g/mol. The second-order valence-corrected chi connectivity index (χ2v) is 6.73. The summed E-state index contributed by atoms with van der Waals surface area (Å²) in [5.74, 6) is 4.26. The average molecular weight is 404 g/mol. The molecule has 0 saturated heterocycles. The number of hydrogen-bond donors (Lipinski definition) is 1. The van der Waals surface area contributed by atoms with E-state index in [0.29, 0.717) is 23.5 Å². The Bertz CT molecular complexity index is 1020. The Labute approximate surface area is 150 Å².